The smallest absolute Gasteiger partial charge is 0.338 e. The number of hydrogen-bond donors (Lipinski definition) is 0. The van der Waals surface area contributed by atoms with E-state index in [4.69, 9.17) is 18.9 Å². The zero-order valence-electron chi connectivity index (χ0n) is 23.6. The van der Waals surface area contributed by atoms with Crippen LogP contribution in [0.1, 0.15) is 27.7 Å². The Kier molecular flexibility index (Phi) is 10.2. The lowest BCUT2D eigenvalue weighted by Crippen LogP contribution is -2.13. The number of hydrogen-bond acceptors (Lipinski definition) is 7. The average molecular weight is 553 g/mol. The van der Waals surface area contributed by atoms with Crippen LogP contribution in [0.4, 0.5) is 0 Å². The molecular weight excluding hydrogens is 520 g/mol. The van der Waals surface area contributed by atoms with Gasteiger partial charge in [-0.15, -0.1) is 0 Å². The first-order valence-electron chi connectivity index (χ1n) is 12.8. The van der Waals surface area contributed by atoms with E-state index in [2.05, 4.69) is 19.7 Å². The van der Waals surface area contributed by atoms with Crippen molar-refractivity contribution in [3.63, 3.8) is 0 Å². The summed E-state index contributed by atoms with van der Waals surface area (Å²) in [6.07, 6.45) is 3.68. The summed E-state index contributed by atoms with van der Waals surface area (Å²) in [5.41, 5.74) is 3.89. The molecule has 0 aromatic heterocycles. The minimum atomic E-state index is -0.672. The Labute approximate surface area is 240 Å². The summed E-state index contributed by atoms with van der Waals surface area (Å²) >= 11 is 0. The van der Waals surface area contributed by atoms with Crippen LogP contribution in [0.2, 0.25) is 0 Å². The van der Waals surface area contributed by atoms with Crippen LogP contribution < -0.4 is 18.9 Å². The molecule has 0 aliphatic rings. The van der Waals surface area contributed by atoms with E-state index < -0.39 is 17.9 Å². The van der Waals surface area contributed by atoms with Gasteiger partial charge in [0.1, 0.15) is 18.1 Å². The van der Waals surface area contributed by atoms with Crippen molar-refractivity contribution in [3.8, 4) is 45.3 Å². The van der Waals surface area contributed by atoms with Gasteiger partial charge in [-0.3, -0.25) is 0 Å². The van der Waals surface area contributed by atoms with Gasteiger partial charge in [0, 0.05) is 28.3 Å². The summed E-state index contributed by atoms with van der Waals surface area (Å²) < 4.78 is 22.2. The first-order valence-corrected chi connectivity index (χ1v) is 12.8. The van der Waals surface area contributed by atoms with Crippen LogP contribution in [0.3, 0.4) is 0 Å². The van der Waals surface area contributed by atoms with Crippen LogP contribution in [0, 0.1) is 0 Å². The average Bonchev–Trinajstić information content (AvgIpc) is 2.94. The molecule has 7 nitrogen and oxygen atoms in total. The second-order valence-electron chi connectivity index (χ2n) is 9.29. The van der Waals surface area contributed by atoms with E-state index in [1.165, 1.54) is 19.9 Å². The highest BCUT2D eigenvalue weighted by Gasteiger charge is 2.20. The fourth-order valence-corrected chi connectivity index (χ4v) is 3.41. The molecule has 0 amide bonds. The SMILES string of the molecule is C=C(C)C(=O)Oc1ccc(-c2ccc(-c3cc(OC(=O)C(=C)C)c(OC(=O)C(=C)C)cc3OC/C=C/C)cc2)cc1. The van der Waals surface area contributed by atoms with E-state index in [9.17, 15) is 14.4 Å². The van der Waals surface area contributed by atoms with Gasteiger partial charge in [-0.05, 0) is 62.6 Å². The number of benzene rings is 3. The maximum absolute atomic E-state index is 12.4. The topological polar surface area (TPSA) is 88.1 Å². The zero-order chi connectivity index (χ0) is 30.1. The van der Waals surface area contributed by atoms with Crippen LogP contribution in [-0.2, 0) is 14.4 Å². The number of carbonyl (C=O) groups is 3. The second kappa shape index (κ2) is 13.8. The van der Waals surface area contributed by atoms with Gasteiger partial charge in [0.25, 0.3) is 0 Å². The fraction of sp³-hybridized carbons (Fsp3) is 0.147. The van der Waals surface area contributed by atoms with E-state index in [0.29, 0.717) is 22.6 Å². The van der Waals surface area contributed by atoms with E-state index in [0.717, 1.165) is 16.7 Å². The van der Waals surface area contributed by atoms with E-state index in [1.54, 1.807) is 25.1 Å². The summed E-state index contributed by atoms with van der Waals surface area (Å²) in [6.45, 7) is 17.6. The van der Waals surface area contributed by atoms with Gasteiger partial charge in [0.2, 0.25) is 0 Å². The van der Waals surface area contributed by atoms with Crippen LogP contribution in [0.15, 0.2) is 109 Å². The Bertz CT molecular complexity index is 1520. The molecule has 0 bridgehead atoms. The standard InChI is InChI=1S/C34H32O7/c1-8-9-18-38-29-20-31(41-34(37)23(6)7)30(40-33(36)22(4)5)19-28(29)26-12-10-24(11-13-26)25-14-16-27(17-15-25)39-32(35)21(2)3/h8-17,19-20H,2,4,6,18H2,1,3,5,7H3/b9-8+. The predicted octanol–water partition coefficient (Wildman–Crippen LogP) is 7.42. The minimum Gasteiger partial charge on any atom is -0.489 e. The van der Waals surface area contributed by atoms with Crippen LogP contribution >= 0.6 is 0 Å². The van der Waals surface area contributed by atoms with Crippen molar-refractivity contribution in [2.24, 2.45) is 0 Å². The fourth-order valence-electron chi connectivity index (χ4n) is 3.41. The predicted molar refractivity (Wildman–Crippen MR) is 159 cm³/mol. The monoisotopic (exact) mass is 552 g/mol. The van der Waals surface area contributed by atoms with Gasteiger partial charge in [0.15, 0.2) is 11.5 Å². The summed E-state index contributed by atoms with van der Waals surface area (Å²) in [4.78, 5) is 36.5. The molecule has 0 N–H and O–H groups in total. The largest absolute Gasteiger partial charge is 0.489 e. The Hall–Kier alpha value is -5.17. The molecule has 7 heteroatoms. The second-order valence-corrected chi connectivity index (χ2v) is 9.29. The minimum absolute atomic E-state index is 0.0101. The number of esters is 3. The number of rotatable bonds is 11. The molecule has 3 rings (SSSR count). The third-order valence-corrected chi connectivity index (χ3v) is 5.66. The summed E-state index contributed by atoms with van der Waals surface area (Å²) in [7, 11) is 0. The van der Waals surface area contributed by atoms with E-state index in [-0.39, 0.29) is 29.3 Å². The highest BCUT2D eigenvalue weighted by atomic mass is 16.6. The molecule has 0 radical (unpaired) electrons. The van der Waals surface area contributed by atoms with Crippen molar-refractivity contribution in [2.45, 2.75) is 27.7 Å². The van der Waals surface area contributed by atoms with Crippen LogP contribution in [0.5, 0.6) is 23.0 Å². The van der Waals surface area contributed by atoms with Crippen molar-refractivity contribution in [3.05, 3.63) is 109 Å². The van der Waals surface area contributed by atoms with Crippen molar-refractivity contribution < 1.29 is 33.3 Å². The summed E-state index contributed by atoms with van der Waals surface area (Å²) in [5, 5.41) is 0. The van der Waals surface area contributed by atoms with Gasteiger partial charge >= 0.3 is 17.9 Å². The maximum atomic E-state index is 12.4. The van der Waals surface area contributed by atoms with Gasteiger partial charge in [-0.1, -0.05) is 68.3 Å². The molecule has 3 aromatic carbocycles. The summed E-state index contributed by atoms with van der Waals surface area (Å²) in [6, 6.07) is 17.9. The summed E-state index contributed by atoms with van der Waals surface area (Å²) in [5.74, 6) is -0.942. The molecule has 0 saturated heterocycles. The molecule has 0 unspecified atom stereocenters. The molecule has 0 aliphatic carbocycles. The highest BCUT2D eigenvalue weighted by molar-refractivity contribution is 5.92. The van der Waals surface area contributed by atoms with Gasteiger partial charge in [-0.2, -0.15) is 0 Å². The number of allylic oxidation sites excluding steroid dienone is 1. The van der Waals surface area contributed by atoms with Crippen LogP contribution in [-0.4, -0.2) is 24.5 Å². The highest BCUT2D eigenvalue weighted by Crippen LogP contribution is 2.41. The van der Waals surface area contributed by atoms with Gasteiger partial charge < -0.3 is 18.9 Å². The normalized spacial score (nSPS) is 10.5. The van der Waals surface area contributed by atoms with E-state index in [1.807, 2.05) is 55.5 Å². The Morgan fingerprint density at radius 2 is 1.07 bits per heavy atom. The Morgan fingerprint density at radius 3 is 1.56 bits per heavy atom. The lowest BCUT2D eigenvalue weighted by Gasteiger charge is -2.17. The molecule has 3 aromatic rings. The van der Waals surface area contributed by atoms with Gasteiger partial charge in [-0.25, -0.2) is 14.4 Å². The molecule has 0 aliphatic heterocycles. The first kappa shape index (κ1) is 30.4. The van der Waals surface area contributed by atoms with Crippen molar-refractivity contribution in [2.75, 3.05) is 6.61 Å². The molecule has 210 valence electrons. The lowest BCUT2D eigenvalue weighted by atomic mass is 9.99. The molecule has 41 heavy (non-hydrogen) atoms. The number of carbonyl (C=O) groups excluding carboxylic acids is 3. The molecule has 0 spiro atoms. The van der Waals surface area contributed by atoms with Crippen molar-refractivity contribution in [1.29, 1.82) is 0 Å². The molecule has 0 fully saturated rings. The van der Waals surface area contributed by atoms with Crippen LogP contribution in [0.25, 0.3) is 22.3 Å². The van der Waals surface area contributed by atoms with E-state index >= 15 is 0 Å². The van der Waals surface area contributed by atoms with Crippen molar-refractivity contribution in [1.82, 2.24) is 0 Å². The number of ether oxygens (including phenoxy) is 4. The van der Waals surface area contributed by atoms with Gasteiger partial charge in [0.05, 0.1) is 0 Å². The zero-order valence-corrected chi connectivity index (χ0v) is 23.6. The maximum Gasteiger partial charge on any atom is 0.338 e. The molecular formula is C34H32O7. The third-order valence-electron chi connectivity index (χ3n) is 5.66. The Balaban J connectivity index is 2.02. The molecule has 0 heterocycles. The molecule has 0 atom stereocenters. The quantitative estimate of drug-likeness (QED) is 0.106. The van der Waals surface area contributed by atoms with Crippen molar-refractivity contribution >= 4 is 17.9 Å². The third kappa shape index (κ3) is 8.16. The lowest BCUT2D eigenvalue weighted by molar-refractivity contribution is -0.132. The first-order chi connectivity index (χ1) is 19.5. The molecule has 0 saturated carbocycles. The Morgan fingerprint density at radius 1 is 0.634 bits per heavy atom.